The van der Waals surface area contributed by atoms with E-state index in [1.807, 2.05) is 0 Å². The number of anilines is 1. The van der Waals surface area contributed by atoms with Crippen LogP contribution in [0.3, 0.4) is 0 Å². The molecule has 0 aliphatic carbocycles. The van der Waals surface area contributed by atoms with Crippen molar-refractivity contribution in [3.63, 3.8) is 0 Å². The van der Waals surface area contributed by atoms with Gasteiger partial charge < -0.3 is 20.8 Å². The van der Waals surface area contributed by atoms with Crippen molar-refractivity contribution in [3.8, 4) is 11.5 Å². The third-order valence-corrected chi connectivity index (χ3v) is 4.30. The molecule has 0 aliphatic rings. The molecular weight excluding hydrogens is 418 g/mol. The van der Waals surface area contributed by atoms with Gasteiger partial charge in [-0.1, -0.05) is 40.9 Å². The van der Waals surface area contributed by atoms with Crippen molar-refractivity contribution < 1.29 is 13.9 Å². The van der Waals surface area contributed by atoms with Crippen molar-refractivity contribution in [3.05, 3.63) is 68.9 Å². The Balaban J connectivity index is 1.81. The lowest BCUT2D eigenvalue weighted by Crippen LogP contribution is -2.24. The first-order valence-electron chi connectivity index (χ1n) is 7.53. The fraction of sp³-hybridized carbons (Fsp3) is 0.0588. The maximum atomic E-state index is 14.8. The van der Waals surface area contributed by atoms with Gasteiger partial charge in [-0.25, -0.2) is 9.37 Å². The molecule has 0 saturated heterocycles. The number of ether oxygens (including phenoxy) is 1. The highest BCUT2D eigenvalue weighted by molar-refractivity contribution is 6.32. The van der Waals surface area contributed by atoms with E-state index in [0.29, 0.717) is 10.7 Å². The lowest BCUT2D eigenvalue weighted by atomic mass is 10.2. The van der Waals surface area contributed by atoms with E-state index in [2.05, 4.69) is 15.3 Å². The quantitative estimate of drug-likeness (QED) is 0.507. The number of hydrogen-bond donors (Lipinski definition) is 3. The number of carbonyl (C=O) groups is 1. The predicted molar refractivity (Wildman–Crippen MR) is 102 cm³/mol. The monoisotopic (exact) mass is 428 g/mol. The van der Waals surface area contributed by atoms with E-state index in [-0.39, 0.29) is 39.5 Å². The molecule has 10 heteroatoms. The topological polar surface area (TPSA) is 93.0 Å². The second kappa shape index (κ2) is 8.04. The minimum atomic E-state index is -0.725. The average Bonchev–Trinajstić information content (AvgIpc) is 3.03. The largest absolute Gasteiger partial charge is 0.453 e. The van der Waals surface area contributed by atoms with Gasteiger partial charge in [-0.05, 0) is 18.2 Å². The molecule has 3 rings (SSSR count). The van der Waals surface area contributed by atoms with E-state index in [0.717, 1.165) is 0 Å². The molecule has 1 aromatic heterocycles. The maximum Gasteiger partial charge on any atom is 0.271 e. The molecule has 0 aliphatic heterocycles. The molecule has 0 radical (unpaired) electrons. The Morgan fingerprint density at radius 2 is 2.04 bits per heavy atom. The summed E-state index contributed by atoms with van der Waals surface area (Å²) in [6, 6.07) is 7.38. The molecule has 2 aromatic carbocycles. The number of aromatic nitrogens is 2. The van der Waals surface area contributed by atoms with Crippen molar-refractivity contribution in [1.82, 2.24) is 15.3 Å². The number of benzene rings is 2. The number of H-pyrrole nitrogens is 1. The predicted octanol–water partition coefficient (Wildman–Crippen LogP) is 4.81. The third kappa shape index (κ3) is 4.44. The van der Waals surface area contributed by atoms with Crippen molar-refractivity contribution in [2.75, 3.05) is 5.73 Å². The molecule has 0 fully saturated rings. The van der Waals surface area contributed by atoms with Gasteiger partial charge in [0.15, 0.2) is 16.7 Å². The van der Waals surface area contributed by atoms with Crippen molar-refractivity contribution in [2.24, 2.45) is 0 Å². The van der Waals surface area contributed by atoms with Crippen LogP contribution in [-0.4, -0.2) is 15.9 Å². The number of amides is 1. The maximum absolute atomic E-state index is 14.8. The summed E-state index contributed by atoms with van der Waals surface area (Å²) >= 11 is 17.7. The summed E-state index contributed by atoms with van der Waals surface area (Å²) in [4.78, 5) is 18.4. The first-order chi connectivity index (χ1) is 12.8. The highest BCUT2D eigenvalue weighted by Crippen LogP contribution is 2.35. The minimum Gasteiger partial charge on any atom is -0.453 e. The number of nitrogens with zero attached hydrogens (tertiary/aromatic N) is 1. The fourth-order valence-electron chi connectivity index (χ4n) is 2.27. The van der Waals surface area contributed by atoms with E-state index in [9.17, 15) is 9.18 Å². The number of imidazole rings is 1. The summed E-state index contributed by atoms with van der Waals surface area (Å²) in [6.45, 7) is -0.120. The van der Waals surface area contributed by atoms with E-state index < -0.39 is 11.7 Å². The van der Waals surface area contributed by atoms with Crippen molar-refractivity contribution in [2.45, 2.75) is 6.54 Å². The zero-order chi connectivity index (χ0) is 19.6. The first-order valence-corrected chi connectivity index (χ1v) is 8.66. The first kappa shape index (κ1) is 19.3. The van der Waals surface area contributed by atoms with Gasteiger partial charge in [0, 0.05) is 28.9 Å². The van der Waals surface area contributed by atoms with Crippen LogP contribution in [0.1, 0.15) is 16.1 Å². The van der Waals surface area contributed by atoms with Gasteiger partial charge in [-0.3, -0.25) is 4.79 Å². The average molecular weight is 430 g/mol. The standard InChI is InChI=1S/C17H12Cl3FN4O2/c18-9-3-10(22)5-11(4-9)27-15-12(19)2-1-8(13(15)21)6-23-17(26)14-16(20)25-7-24-14/h1-5,7H,6,22H2,(H,23,26)(H,24,25). The Kier molecular flexibility index (Phi) is 5.74. The van der Waals surface area contributed by atoms with E-state index in [4.69, 9.17) is 45.3 Å². The van der Waals surface area contributed by atoms with Crippen LogP contribution in [0.5, 0.6) is 11.5 Å². The van der Waals surface area contributed by atoms with E-state index in [1.54, 1.807) is 0 Å². The SMILES string of the molecule is Nc1cc(Cl)cc(Oc2c(Cl)ccc(CNC(=O)c3[nH]cnc3Cl)c2F)c1. The van der Waals surface area contributed by atoms with Crippen LogP contribution < -0.4 is 15.8 Å². The van der Waals surface area contributed by atoms with Gasteiger partial charge in [0.25, 0.3) is 5.91 Å². The minimum absolute atomic E-state index is 0.0200. The molecule has 1 amide bonds. The highest BCUT2D eigenvalue weighted by Gasteiger charge is 2.17. The van der Waals surface area contributed by atoms with Gasteiger partial charge in [0.2, 0.25) is 0 Å². The summed E-state index contributed by atoms with van der Waals surface area (Å²) in [7, 11) is 0. The van der Waals surface area contributed by atoms with Crippen molar-refractivity contribution >= 4 is 46.4 Å². The second-order valence-corrected chi connectivity index (χ2v) is 6.62. The Morgan fingerprint density at radius 1 is 1.26 bits per heavy atom. The molecule has 0 atom stereocenters. The van der Waals surface area contributed by atoms with Crippen molar-refractivity contribution in [1.29, 1.82) is 0 Å². The van der Waals surface area contributed by atoms with Crippen LogP contribution in [0.25, 0.3) is 0 Å². The molecule has 140 valence electrons. The smallest absolute Gasteiger partial charge is 0.271 e. The summed E-state index contributed by atoms with van der Waals surface area (Å²) in [5.74, 6) is -1.23. The van der Waals surface area contributed by atoms with Gasteiger partial charge >= 0.3 is 0 Å². The number of nitrogens with two attached hydrogens (primary N) is 1. The molecule has 3 aromatic rings. The van der Waals surface area contributed by atoms with Crippen LogP contribution in [0.4, 0.5) is 10.1 Å². The number of rotatable bonds is 5. The fourth-order valence-corrected chi connectivity index (χ4v) is 2.87. The Bertz CT molecular complexity index is 990. The van der Waals surface area contributed by atoms with Gasteiger partial charge in [-0.15, -0.1) is 0 Å². The molecule has 27 heavy (non-hydrogen) atoms. The molecule has 6 nitrogen and oxygen atoms in total. The Hall–Kier alpha value is -2.48. The molecular formula is C17H12Cl3FN4O2. The van der Waals surface area contributed by atoms with E-state index in [1.165, 1.54) is 36.7 Å². The molecule has 0 unspecified atom stereocenters. The summed E-state index contributed by atoms with van der Waals surface area (Å²) in [5, 5.41) is 2.95. The summed E-state index contributed by atoms with van der Waals surface area (Å²) < 4.78 is 20.3. The van der Waals surface area contributed by atoms with Crippen LogP contribution in [-0.2, 0) is 6.54 Å². The van der Waals surface area contributed by atoms with Crippen LogP contribution in [0.15, 0.2) is 36.7 Å². The molecule has 4 N–H and O–H groups in total. The zero-order valence-electron chi connectivity index (χ0n) is 13.5. The molecule has 1 heterocycles. The Labute approximate surface area is 168 Å². The normalized spacial score (nSPS) is 10.7. The molecule has 0 bridgehead atoms. The van der Waals surface area contributed by atoms with Gasteiger partial charge in [-0.2, -0.15) is 0 Å². The molecule has 0 saturated carbocycles. The van der Waals surface area contributed by atoms with Gasteiger partial charge in [0.1, 0.15) is 11.4 Å². The van der Waals surface area contributed by atoms with Gasteiger partial charge in [0.05, 0.1) is 11.3 Å². The third-order valence-electron chi connectivity index (χ3n) is 3.50. The Morgan fingerprint density at radius 3 is 2.70 bits per heavy atom. The number of nitrogen functional groups attached to an aromatic ring is 1. The summed E-state index contributed by atoms with van der Waals surface area (Å²) in [5.41, 5.74) is 6.30. The highest BCUT2D eigenvalue weighted by atomic mass is 35.5. The number of aromatic amines is 1. The number of carbonyl (C=O) groups excluding carboxylic acids is 1. The lowest BCUT2D eigenvalue weighted by molar-refractivity contribution is 0.0946. The number of halogens is 4. The van der Waals surface area contributed by atoms with Crippen LogP contribution in [0, 0.1) is 5.82 Å². The van der Waals surface area contributed by atoms with E-state index >= 15 is 0 Å². The second-order valence-electron chi connectivity index (χ2n) is 5.42. The van der Waals surface area contributed by atoms with Crippen LogP contribution in [0.2, 0.25) is 15.2 Å². The lowest BCUT2D eigenvalue weighted by Gasteiger charge is -2.13. The molecule has 0 spiro atoms. The van der Waals surface area contributed by atoms with Crippen LogP contribution >= 0.6 is 34.8 Å². The summed E-state index contributed by atoms with van der Waals surface area (Å²) in [6.07, 6.45) is 1.28. The number of nitrogens with one attached hydrogen (secondary N) is 2. The zero-order valence-corrected chi connectivity index (χ0v) is 15.8. The number of hydrogen-bond acceptors (Lipinski definition) is 4.